The van der Waals surface area contributed by atoms with Crippen LogP contribution in [0, 0.1) is 11.8 Å². The summed E-state index contributed by atoms with van der Waals surface area (Å²) in [4.78, 5) is 0. The van der Waals surface area contributed by atoms with E-state index in [1.807, 2.05) is 25.1 Å². The molecule has 104 valence electrons. The predicted molar refractivity (Wildman–Crippen MR) is 83.7 cm³/mol. The zero-order valence-electron chi connectivity index (χ0n) is 11.9. The highest BCUT2D eigenvalue weighted by molar-refractivity contribution is 5.91. The van der Waals surface area contributed by atoms with Crippen LogP contribution in [0.25, 0.3) is 10.8 Å². The van der Waals surface area contributed by atoms with Crippen molar-refractivity contribution in [2.75, 3.05) is 20.2 Å². The van der Waals surface area contributed by atoms with Crippen molar-refractivity contribution in [3.8, 4) is 17.6 Å². The maximum Gasteiger partial charge on any atom is 0.126 e. The Morgan fingerprint density at radius 2 is 1.95 bits per heavy atom. The molecule has 20 heavy (non-hydrogen) atoms. The third kappa shape index (κ3) is 2.93. The van der Waals surface area contributed by atoms with Gasteiger partial charge >= 0.3 is 0 Å². The standard InChI is InChI=1S/C17H20N2O/c1-3-4-11-19-16(12-18)14-9-10-17(20-2)15-8-6-5-7-13(14)15/h5-10,16,19H,11-12,18H2,1-2H3. The zero-order valence-corrected chi connectivity index (χ0v) is 11.9. The minimum Gasteiger partial charge on any atom is -0.496 e. The lowest BCUT2D eigenvalue weighted by molar-refractivity contribution is 0.419. The summed E-state index contributed by atoms with van der Waals surface area (Å²) in [6, 6.07) is 12.4. The number of rotatable bonds is 5. The molecular weight excluding hydrogens is 248 g/mol. The maximum atomic E-state index is 5.91. The van der Waals surface area contributed by atoms with Crippen molar-refractivity contribution in [1.82, 2.24) is 5.32 Å². The van der Waals surface area contributed by atoms with E-state index in [1.54, 1.807) is 7.11 Å². The van der Waals surface area contributed by atoms with Gasteiger partial charge in [0.2, 0.25) is 0 Å². The number of nitrogens with one attached hydrogen (secondary N) is 1. The van der Waals surface area contributed by atoms with E-state index in [4.69, 9.17) is 10.5 Å². The lowest BCUT2D eigenvalue weighted by Crippen LogP contribution is -2.28. The van der Waals surface area contributed by atoms with Crippen molar-refractivity contribution >= 4 is 10.8 Å². The number of ether oxygens (including phenoxy) is 1. The summed E-state index contributed by atoms with van der Waals surface area (Å²) in [5.74, 6) is 6.78. The minimum atomic E-state index is 0.0895. The number of benzene rings is 2. The van der Waals surface area contributed by atoms with Gasteiger partial charge in [-0.05, 0) is 23.9 Å². The van der Waals surface area contributed by atoms with Gasteiger partial charge in [-0.2, -0.15) is 0 Å². The van der Waals surface area contributed by atoms with Crippen LogP contribution in [0.15, 0.2) is 36.4 Å². The molecule has 0 radical (unpaired) electrons. The molecule has 0 fully saturated rings. The summed E-state index contributed by atoms with van der Waals surface area (Å²) >= 11 is 0. The van der Waals surface area contributed by atoms with Crippen LogP contribution in [0.3, 0.4) is 0 Å². The molecule has 0 aliphatic carbocycles. The smallest absolute Gasteiger partial charge is 0.126 e. The van der Waals surface area contributed by atoms with E-state index in [1.165, 1.54) is 10.9 Å². The first kappa shape index (κ1) is 14.4. The second-order valence-corrected chi connectivity index (χ2v) is 4.50. The Balaban J connectivity index is 2.44. The average Bonchev–Trinajstić information content (AvgIpc) is 2.51. The fraction of sp³-hybridized carbons (Fsp3) is 0.294. The van der Waals surface area contributed by atoms with Gasteiger partial charge in [-0.3, -0.25) is 5.32 Å². The lowest BCUT2D eigenvalue weighted by atomic mass is 9.98. The molecule has 0 spiro atoms. The Bertz CT molecular complexity index is 640. The van der Waals surface area contributed by atoms with E-state index in [2.05, 4.69) is 35.4 Å². The lowest BCUT2D eigenvalue weighted by Gasteiger charge is -2.19. The number of fused-ring (bicyclic) bond motifs is 1. The van der Waals surface area contributed by atoms with Crippen LogP contribution >= 0.6 is 0 Å². The van der Waals surface area contributed by atoms with Crippen LogP contribution in [0.5, 0.6) is 5.75 Å². The molecule has 2 rings (SSSR count). The van der Waals surface area contributed by atoms with Gasteiger partial charge in [-0.1, -0.05) is 36.3 Å². The fourth-order valence-corrected chi connectivity index (χ4v) is 2.36. The molecule has 3 nitrogen and oxygen atoms in total. The van der Waals surface area contributed by atoms with E-state index in [9.17, 15) is 0 Å². The molecule has 0 aromatic heterocycles. The predicted octanol–water partition coefficient (Wildman–Crippen LogP) is 2.46. The van der Waals surface area contributed by atoms with E-state index in [0.717, 1.165) is 11.1 Å². The summed E-state index contributed by atoms with van der Waals surface area (Å²) in [5, 5.41) is 5.65. The van der Waals surface area contributed by atoms with E-state index in [-0.39, 0.29) is 6.04 Å². The van der Waals surface area contributed by atoms with E-state index >= 15 is 0 Å². The van der Waals surface area contributed by atoms with Crippen molar-refractivity contribution in [3.05, 3.63) is 42.0 Å². The van der Waals surface area contributed by atoms with Crippen LogP contribution in [0.2, 0.25) is 0 Å². The second-order valence-electron chi connectivity index (χ2n) is 4.50. The van der Waals surface area contributed by atoms with Crippen LogP contribution in [-0.4, -0.2) is 20.2 Å². The first-order chi connectivity index (χ1) is 9.81. The van der Waals surface area contributed by atoms with Gasteiger partial charge in [0, 0.05) is 18.0 Å². The highest BCUT2D eigenvalue weighted by Crippen LogP contribution is 2.31. The Labute approximate surface area is 120 Å². The van der Waals surface area contributed by atoms with Crippen molar-refractivity contribution in [2.24, 2.45) is 5.73 Å². The van der Waals surface area contributed by atoms with Gasteiger partial charge in [-0.25, -0.2) is 0 Å². The molecule has 2 aromatic rings. The Morgan fingerprint density at radius 3 is 2.60 bits per heavy atom. The number of methoxy groups -OCH3 is 1. The van der Waals surface area contributed by atoms with Crippen LogP contribution in [0.1, 0.15) is 18.5 Å². The molecule has 3 N–H and O–H groups in total. The quantitative estimate of drug-likeness (QED) is 0.819. The van der Waals surface area contributed by atoms with Gasteiger partial charge in [-0.15, -0.1) is 5.92 Å². The molecule has 0 amide bonds. The molecule has 0 heterocycles. The summed E-state index contributed by atoms with van der Waals surface area (Å²) in [7, 11) is 1.69. The first-order valence-electron chi connectivity index (χ1n) is 6.70. The number of hydrogen-bond donors (Lipinski definition) is 2. The first-order valence-corrected chi connectivity index (χ1v) is 6.70. The third-order valence-electron chi connectivity index (χ3n) is 3.36. The molecule has 0 saturated heterocycles. The zero-order chi connectivity index (χ0) is 14.4. The largest absolute Gasteiger partial charge is 0.496 e. The van der Waals surface area contributed by atoms with E-state index < -0.39 is 0 Å². The minimum absolute atomic E-state index is 0.0895. The van der Waals surface area contributed by atoms with Crippen molar-refractivity contribution in [1.29, 1.82) is 0 Å². The molecule has 0 bridgehead atoms. The monoisotopic (exact) mass is 268 g/mol. The van der Waals surface area contributed by atoms with Crippen LogP contribution < -0.4 is 15.8 Å². The molecule has 0 aliphatic heterocycles. The van der Waals surface area contributed by atoms with Crippen molar-refractivity contribution < 1.29 is 4.74 Å². The molecule has 2 aromatic carbocycles. The number of nitrogens with two attached hydrogens (primary N) is 1. The second kappa shape index (κ2) is 6.95. The normalized spacial score (nSPS) is 11.8. The summed E-state index contributed by atoms with van der Waals surface area (Å²) in [5.41, 5.74) is 7.09. The molecular formula is C17H20N2O. The van der Waals surface area contributed by atoms with E-state index in [0.29, 0.717) is 13.1 Å². The molecule has 3 heteroatoms. The van der Waals surface area contributed by atoms with Gasteiger partial charge in [0.05, 0.1) is 13.7 Å². The van der Waals surface area contributed by atoms with Crippen molar-refractivity contribution in [3.63, 3.8) is 0 Å². The molecule has 0 aliphatic rings. The SMILES string of the molecule is CC#CCNC(CN)c1ccc(OC)c2ccccc12. The van der Waals surface area contributed by atoms with Crippen LogP contribution in [-0.2, 0) is 0 Å². The summed E-state index contributed by atoms with van der Waals surface area (Å²) in [6.07, 6.45) is 0. The number of hydrogen-bond acceptors (Lipinski definition) is 3. The molecule has 1 unspecified atom stereocenters. The van der Waals surface area contributed by atoms with Crippen LogP contribution in [0.4, 0.5) is 0 Å². The fourth-order valence-electron chi connectivity index (χ4n) is 2.36. The topological polar surface area (TPSA) is 47.3 Å². The highest BCUT2D eigenvalue weighted by Gasteiger charge is 2.13. The van der Waals surface area contributed by atoms with Gasteiger partial charge < -0.3 is 10.5 Å². The summed E-state index contributed by atoms with van der Waals surface area (Å²) in [6.45, 7) is 3.00. The molecule has 1 atom stereocenters. The Kier molecular flexibility index (Phi) is 5.00. The Hall–Kier alpha value is -2.02. The highest BCUT2D eigenvalue weighted by atomic mass is 16.5. The van der Waals surface area contributed by atoms with Crippen molar-refractivity contribution in [2.45, 2.75) is 13.0 Å². The summed E-state index contributed by atoms with van der Waals surface area (Å²) < 4.78 is 5.42. The third-order valence-corrected chi connectivity index (χ3v) is 3.36. The Morgan fingerprint density at radius 1 is 1.20 bits per heavy atom. The van der Waals surface area contributed by atoms with Gasteiger partial charge in [0.15, 0.2) is 0 Å². The van der Waals surface area contributed by atoms with Gasteiger partial charge in [0.1, 0.15) is 5.75 Å². The maximum absolute atomic E-state index is 5.91. The van der Waals surface area contributed by atoms with Gasteiger partial charge in [0.25, 0.3) is 0 Å². The average molecular weight is 268 g/mol. The molecule has 0 saturated carbocycles.